The van der Waals surface area contributed by atoms with E-state index in [-0.39, 0.29) is 24.5 Å². The van der Waals surface area contributed by atoms with Crippen LogP contribution in [0.25, 0.3) is 0 Å². The number of carbonyl (C=O) groups excluding carboxylic acids is 2. The van der Waals surface area contributed by atoms with E-state index >= 15 is 0 Å². The summed E-state index contributed by atoms with van der Waals surface area (Å²) in [7, 11) is 0. The minimum Gasteiger partial charge on any atom is -0.465 e. The maximum Gasteiger partial charge on any atom is 0.405 e. The van der Waals surface area contributed by atoms with E-state index in [1.165, 1.54) is 0 Å². The summed E-state index contributed by atoms with van der Waals surface area (Å²) in [6, 6.07) is 15.3. The van der Waals surface area contributed by atoms with Crippen molar-refractivity contribution in [1.29, 1.82) is 0 Å². The van der Waals surface area contributed by atoms with E-state index in [0.717, 1.165) is 23.4 Å². The number of carboxylic acid groups (broad SMARTS) is 1. The highest BCUT2D eigenvalue weighted by molar-refractivity contribution is 6.04. The Hall–Kier alpha value is -3.99. The maximum absolute atomic E-state index is 12.5. The Morgan fingerprint density at radius 2 is 1.78 bits per heavy atom. The van der Waals surface area contributed by atoms with E-state index in [1.807, 2.05) is 48.2 Å². The van der Waals surface area contributed by atoms with Crippen LogP contribution in [0, 0.1) is 11.8 Å². The standard InChI is InChI=1S/C24H26N4O4/c1-3-23(30)28-16(2)15-20(19-7-4-5-8-21(19)28)26-17-10-12-18(13-11-17)27-22(29)9-6-14-25-24(31)32/h4-5,7-8,10-13,16,20,25-26H,3,14-15H2,1-2H3,(H,27,29)(H,31,32)/t16-,20+/m0/s1. The summed E-state index contributed by atoms with van der Waals surface area (Å²) < 4.78 is 0. The Bertz CT molecular complexity index is 1060. The molecule has 0 aromatic heterocycles. The van der Waals surface area contributed by atoms with Gasteiger partial charge in [0.15, 0.2) is 0 Å². The van der Waals surface area contributed by atoms with Crippen molar-refractivity contribution in [3.8, 4) is 11.8 Å². The molecule has 0 aliphatic carbocycles. The van der Waals surface area contributed by atoms with E-state index < -0.39 is 12.0 Å². The fourth-order valence-electron chi connectivity index (χ4n) is 3.76. The molecule has 0 saturated heterocycles. The number of anilines is 3. The second kappa shape index (κ2) is 10.4. The van der Waals surface area contributed by atoms with Crippen molar-refractivity contribution in [2.24, 2.45) is 0 Å². The van der Waals surface area contributed by atoms with E-state index in [0.29, 0.717) is 12.1 Å². The number of hydrogen-bond donors (Lipinski definition) is 4. The molecule has 2 atom stereocenters. The van der Waals surface area contributed by atoms with Gasteiger partial charge in [-0.2, -0.15) is 0 Å². The van der Waals surface area contributed by atoms with Crippen LogP contribution < -0.4 is 20.9 Å². The van der Waals surface area contributed by atoms with Gasteiger partial charge in [0, 0.05) is 29.5 Å². The first-order chi connectivity index (χ1) is 15.4. The largest absolute Gasteiger partial charge is 0.465 e. The number of benzene rings is 2. The van der Waals surface area contributed by atoms with Crippen molar-refractivity contribution in [3.05, 3.63) is 54.1 Å². The van der Waals surface area contributed by atoms with Crippen molar-refractivity contribution in [3.63, 3.8) is 0 Å². The molecule has 166 valence electrons. The van der Waals surface area contributed by atoms with E-state index in [4.69, 9.17) is 5.11 Å². The average Bonchev–Trinajstić information content (AvgIpc) is 2.77. The molecule has 8 heteroatoms. The molecule has 0 radical (unpaired) electrons. The first-order valence-corrected chi connectivity index (χ1v) is 10.4. The Morgan fingerprint density at radius 3 is 2.47 bits per heavy atom. The summed E-state index contributed by atoms with van der Waals surface area (Å²) in [4.78, 5) is 36.6. The molecule has 1 aliphatic rings. The maximum atomic E-state index is 12.5. The molecule has 0 spiro atoms. The van der Waals surface area contributed by atoms with Crippen molar-refractivity contribution < 1.29 is 19.5 Å². The lowest BCUT2D eigenvalue weighted by atomic mass is 9.91. The van der Waals surface area contributed by atoms with Crippen LogP contribution in [0.4, 0.5) is 21.9 Å². The summed E-state index contributed by atoms with van der Waals surface area (Å²) in [6.07, 6.45) is 0.0495. The molecule has 4 N–H and O–H groups in total. The topological polar surface area (TPSA) is 111 Å². The fraction of sp³-hybridized carbons (Fsp3) is 0.292. The third kappa shape index (κ3) is 5.58. The quantitative estimate of drug-likeness (QED) is 0.538. The van der Waals surface area contributed by atoms with Crippen LogP contribution in [0.1, 0.15) is 38.3 Å². The van der Waals surface area contributed by atoms with Gasteiger partial charge in [-0.05, 0) is 55.2 Å². The number of para-hydroxylation sites is 1. The number of fused-ring (bicyclic) bond motifs is 1. The van der Waals surface area contributed by atoms with Crippen molar-refractivity contribution in [2.45, 2.75) is 38.8 Å². The second-order valence-electron chi connectivity index (χ2n) is 7.45. The first-order valence-electron chi connectivity index (χ1n) is 10.4. The van der Waals surface area contributed by atoms with Gasteiger partial charge in [0.05, 0.1) is 12.6 Å². The van der Waals surface area contributed by atoms with Gasteiger partial charge in [-0.25, -0.2) is 4.79 Å². The molecular formula is C24H26N4O4. The summed E-state index contributed by atoms with van der Waals surface area (Å²) in [5.74, 6) is 4.36. The second-order valence-corrected chi connectivity index (χ2v) is 7.45. The van der Waals surface area contributed by atoms with Gasteiger partial charge in [-0.15, -0.1) is 0 Å². The number of nitrogens with zero attached hydrogens (tertiary/aromatic N) is 1. The third-order valence-corrected chi connectivity index (χ3v) is 5.17. The average molecular weight is 434 g/mol. The highest BCUT2D eigenvalue weighted by atomic mass is 16.4. The van der Waals surface area contributed by atoms with E-state index in [1.54, 1.807) is 12.1 Å². The number of carbonyl (C=O) groups is 3. The van der Waals surface area contributed by atoms with Gasteiger partial charge < -0.3 is 26.0 Å². The zero-order chi connectivity index (χ0) is 23.1. The Balaban J connectivity index is 1.67. The molecule has 2 aromatic carbocycles. The highest BCUT2D eigenvalue weighted by Crippen LogP contribution is 2.39. The zero-order valence-electron chi connectivity index (χ0n) is 18.0. The van der Waals surface area contributed by atoms with Gasteiger partial charge in [0.2, 0.25) is 5.91 Å². The fourth-order valence-corrected chi connectivity index (χ4v) is 3.76. The van der Waals surface area contributed by atoms with Gasteiger partial charge in [0.25, 0.3) is 5.91 Å². The van der Waals surface area contributed by atoms with Crippen molar-refractivity contribution in [1.82, 2.24) is 5.32 Å². The molecule has 1 heterocycles. The summed E-state index contributed by atoms with van der Waals surface area (Å²) in [5, 5.41) is 16.7. The SMILES string of the molecule is CCC(=O)N1c2ccccc2[C@H](Nc2ccc(NC(=O)C#CCNC(=O)O)cc2)C[C@@H]1C. The molecule has 2 aromatic rings. The lowest BCUT2D eigenvalue weighted by molar-refractivity contribution is -0.118. The monoisotopic (exact) mass is 434 g/mol. The van der Waals surface area contributed by atoms with E-state index in [2.05, 4.69) is 34.7 Å². The Labute approximate surface area is 187 Å². The van der Waals surface area contributed by atoms with Crippen LogP contribution >= 0.6 is 0 Å². The molecule has 8 nitrogen and oxygen atoms in total. The van der Waals surface area contributed by atoms with E-state index in [9.17, 15) is 14.4 Å². The molecule has 3 amide bonds. The molecule has 0 bridgehead atoms. The van der Waals surface area contributed by atoms with Crippen molar-refractivity contribution >= 4 is 35.0 Å². The van der Waals surface area contributed by atoms with Gasteiger partial charge >= 0.3 is 6.09 Å². The minimum atomic E-state index is -1.19. The highest BCUT2D eigenvalue weighted by Gasteiger charge is 2.32. The first kappa shape index (κ1) is 22.7. The Morgan fingerprint density at radius 1 is 1.09 bits per heavy atom. The third-order valence-electron chi connectivity index (χ3n) is 5.17. The minimum absolute atomic E-state index is 0.0511. The molecule has 1 aliphatic heterocycles. The zero-order valence-corrected chi connectivity index (χ0v) is 18.0. The van der Waals surface area contributed by atoms with Crippen LogP contribution in [-0.4, -0.2) is 35.6 Å². The van der Waals surface area contributed by atoms with Crippen LogP contribution in [0.2, 0.25) is 0 Å². The molecule has 3 rings (SSSR count). The normalized spacial score (nSPS) is 16.8. The predicted molar refractivity (Wildman–Crippen MR) is 124 cm³/mol. The number of rotatable bonds is 5. The molecule has 0 fully saturated rings. The number of nitrogens with one attached hydrogen (secondary N) is 3. The predicted octanol–water partition coefficient (Wildman–Crippen LogP) is 3.58. The summed E-state index contributed by atoms with van der Waals surface area (Å²) in [5.41, 5.74) is 3.49. The Kier molecular flexibility index (Phi) is 7.34. The number of hydrogen-bond acceptors (Lipinski definition) is 4. The molecule has 32 heavy (non-hydrogen) atoms. The number of amides is 3. The van der Waals surface area contributed by atoms with Crippen LogP contribution in [0.3, 0.4) is 0 Å². The molecule has 0 saturated carbocycles. The van der Waals surface area contributed by atoms with Crippen LogP contribution in [-0.2, 0) is 9.59 Å². The van der Waals surface area contributed by atoms with Crippen molar-refractivity contribution in [2.75, 3.05) is 22.1 Å². The van der Waals surface area contributed by atoms with Gasteiger partial charge in [0.1, 0.15) is 0 Å². The lowest BCUT2D eigenvalue weighted by Crippen LogP contribution is -2.44. The van der Waals surface area contributed by atoms with Gasteiger partial charge in [-0.1, -0.05) is 31.0 Å². The van der Waals surface area contributed by atoms with Crippen LogP contribution in [0.15, 0.2) is 48.5 Å². The summed E-state index contributed by atoms with van der Waals surface area (Å²) in [6.45, 7) is 3.82. The smallest absolute Gasteiger partial charge is 0.405 e. The molecule has 0 unspecified atom stereocenters. The molecular weight excluding hydrogens is 408 g/mol. The van der Waals surface area contributed by atoms with Gasteiger partial charge in [-0.3, -0.25) is 9.59 Å². The van der Waals surface area contributed by atoms with Crippen LogP contribution in [0.5, 0.6) is 0 Å². The lowest BCUT2D eigenvalue weighted by Gasteiger charge is -2.40. The summed E-state index contributed by atoms with van der Waals surface area (Å²) >= 11 is 0.